The lowest BCUT2D eigenvalue weighted by molar-refractivity contribution is 0.138. The van der Waals surface area contributed by atoms with Crippen LogP contribution >= 0.6 is 11.8 Å². The largest absolute Gasteiger partial charge is 0.392 e. The van der Waals surface area contributed by atoms with Gasteiger partial charge in [-0.1, -0.05) is 23.9 Å². The van der Waals surface area contributed by atoms with Gasteiger partial charge in [0.2, 0.25) is 0 Å². The average Bonchev–Trinajstić information content (AvgIpc) is 3.58. The van der Waals surface area contributed by atoms with Gasteiger partial charge in [-0.3, -0.25) is 9.58 Å². The Morgan fingerprint density at radius 1 is 1.09 bits per heavy atom. The van der Waals surface area contributed by atoms with Gasteiger partial charge in [0.15, 0.2) is 0 Å². The molecule has 1 saturated heterocycles. The molecule has 2 atom stereocenters. The fourth-order valence-electron chi connectivity index (χ4n) is 4.42. The second kappa shape index (κ2) is 9.32. The summed E-state index contributed by atoms with van der Waals surface area (Å²) in [5.74, 6) is 0. The molecule has 1 aromatic carbocycles. The quantitative estimate of drug-likeness (QED) is 0.459. The minimum absolute atomic E-state index is 0.266. The Morgan fingerprint density at radius 2 is 1.91 bits per heavy atom. The molecule has 1 N–H and O–H groups in total. The van der Waals surface area contributed by atoms with Crippen LogP contribution in [0.1, 0.15) is 30.5 Å². The van der Waals surface area contributed by atoms with Crippen molar-refractivity contribution in [1.82, 2.24) is 24.3 Å². The zero-order valence-corrected chi connectivity index (χ0v) is 19.5. The molecule has 0 unspecified atom stereocenters. The Morgan fingerprint density at radius 3 is 2.71 bits per heavy atom. The molecule has 1 fully saturated rings. The first-order chi connectivity index (χ1) is 16.6. The maximum Gasteiger partial charge on any atom is 0.103 e. The van der Waals surface area contributed by atoms with Crippen LogP contribution in [0.2, 0.25) is 0 Å². The first-order valence-corrected chi connectivity index (χ1v) is 11.9. The molecule has 1 aliphatic heterocycles. The van der Waals surface area contributed by atoms with Gasteiger partial charge in [0.1, 0.15) is 12.1 Å². The number of benzene rings is 1. The summed E-state index contributed by atoms with van der Waals surface area (Å²) in [5.41, 5.74) is 3.69. The Kier molecular flexibility index (Phi) is 6.08. The lowest BCUT2D eigenvalue weighted by Crippen LogP contribution is -2.29. The molecule has 170 valence electrons. The minimum Gasteiger partial charge on any atom is -0.392 e. The predicted molar refractivity (Wildman–Crippen MR) is 128 cm³/mol. The maximum absolute atomic E-state index is 9.68. The Labute approximate surface area is 201 Å². The van der Waals surface area contributed by atoms with Crippen LogP contribution in [0.25, 0.3) is 16.6 Å². The van der Waals surface area contributed by atoms with Gasteiger partial charge < -0.3 is 5.11 Å². The van der Waals surface area contributed by atoms with Gasteiger partial charge >= 0.3 is 0 Å². The molecule has 5 rings (SSSR count). The lowest BCUT2D eigenvalue weighted by Gasteiger charge is -2.17. The van der Waals surface area contributed by atoms with E-state index >= 15 is 0 Å². The number of hydrogen-bond acceptors (Lipinski definition) is 7. The second-order valence-corrected chi connectivity index (χ2v) is 9.61. The molecule has 3 aromatic heterocycles. The SMILES string of the molecule is C[C@H](O)CN1CC[C@H](n2cc(-c3cc(Sc4ccccc4C#N)c4c(C#N)cnn4c3)cn2)C1. The van der Waals surface area contributed by atoms with E-state index in [9.17, 15) is 15.6 Å². The van der Waals surface area contributed by atoms with E-state index in [1.165, 1.54) is 11.8 Å². The fourth-order valence-corrected chi connectivity index (χ4v) is 5.52. The van der Waals surface area contributed by atoms with E-state index in [-0.39, 0.29) is 12.1 Å². The highest BCUT2D eigenvalue weighted by Crippen LogP contribution is 2.37. The summed E-state index contributed by atoms with van der Waals surface area (Å²) in [6, 6.07) is 14.2. The molecule has 4 aromatic rings. The standard InChI is InChI=1S/C25H23N7OS/c1-17(33)13-30-7-6-22(16-30)31-15-21(12-28-31)19-8-24(25-20(10-27)11-29-32(25)14-19)34-23-5-3-2-4-18(23)9-26/h2-5,8,11-12,14-15,17,22,33H,6-7,13,16H2,1H3/t17-,22-/m0/s1. The number of likely N-dealkylation sites (tertiary alicyclic amines) is 1. The van der Waals surface area contributed by atoms with E-state index < -0.39 is 0 Å². The van der Waals surface area contributed by atoms with Gasteiger partial charge in [0.05, 0.1) is 41.2 Å². The Balaban J connectivity index is 1.50. The third-order valence-corrected chi connectivity index (χ3v) is 7.11. The number of aliphatic hydroxyl groups excluding tert-OH is 1. The number of pyridine rings is 1. The third kappa shape index (κ3) is 4.29. The Bertz CT molecular complexity index is 1430. The number of aromatic nitrogens is 4. The number of fused-ring (bicyclic) bond motifs is 1. The number of nitrogens with zero attached hydrogens (tertiary/aromatic N) is 7. The van der Waals surface area contributed by atoms with Crippen molar-refractivity contribution in [3.8, 4) is 23.3 Å². The van der Waals surface area contributed by atoms with E-state index in [4.69, 9.17) is 0 Å². The molecular weight excluding hydrogens is 446 g/mol. The van der Waals surface area contributed by atoms with Crippen molar-refractivity contribution >= 4 is 17.3 Å². The summed E-state index contributed by atoms with van der Waals surface area (Å²) in [5, 5.41) is 37.8. The van der Waals surface area contributed by atoms with Gasteiger partial charge in [-0.25, -0.2) is 4.52 Å². The highest BCUT2D eigenvalue weighted by Gasteiger charge is 2.25. The van der Waals surface area contributed by atoms with Crippen molar-refractivity contribution in [2.75, 3.05) is 19.6 Å². The molecule has 0 spiro atoms. The highest BCUT2D eigenvalue weighted by atomic mass is 32.2. The van der Waals surface area contributed by atoms with Gasteiger partial charge in [-0.05, 0) is 31.5 Å². The second-order valence-electron chi connectivity index (χ2n) is 8.53. The summed E-state index contributed by atoms with van der Waals surface area (Å²) in [4.78, 5) is 3.94. The van der Waals surface area contributed by atoms with E-state index in [1.54, 1.807) is 16.8 Å². The third-order valence-electron chi connectivity index (χ3n) is 6.00. The molecule has 0 amide bonds. The van der Waals surface area contributed by atoms with Crippen LogP contribution in [-0.2, 0) is 0 Å². The molecule has 8 nitrogen and oxygen atoms in total. The van der Waals surface area contributed by atoms with Gasteiger partial charge in [-0.2, -0.15) is 20.7 Å². The number of hydrogen-bond donors (Lipinski definition) is 1. The average molecular weight is 470 g/mol. The summed E-state index contributed by atoms with van der Waals surface area (Å²) in [6.07, 6.45) is 8.02. The molecular formula is C25H23N7OS. The lowest BCUT2D eigenvalue weighted by atomic mass is 10.1. The summed E-state index contributed by atoms with van der Waals surface area (Å²) >= 11 is 1.46. The fraction of sp³-hybridized carbons (Fsp3) is 0.280. The summed E-state index contributed by atoms with van der Waals surface area (Å²) in [6.45, 7) is 4.29. The van der Waals surface area contributed by atoms with Crippen LogP contribution in [0.4, 0.5) is 0 Å². The molecule has 1 aliphatic rings. The van der Waals surface area contributed by atoms with Gasteiger partial charge in [0.25, 0.3) is 0 Å². The van der Waals surface area contributed by atoms with Crippen LogP contribution in [0.15, 0.2) is 64.9 Å². The van der Waals surface area contributed by atoms with Crippen molar-refractivity contribution in [2.45, 2.75) is 35.3 Å². The van der Waals surface area contributed by atoms with E-state index in [2.05, 4.69) is 27.2 Å². The normalized spacial score (nSPS) is 17.0. The van der Waals surface area contributed by atoms with Gasteiger partial charge in [0, 0.05) is 52.9 Å². The van der Waals surface area contributed by atoms with Crippen molar-refractivity contribution in [3.63, 3.8) is 0 Å². The first-order valence-electron chi connectivity index (χ1n) is 11.1. The van der Waals surface area contributed by atoms with Crippen molar-refractivity contribution < 1.29 is 5.11 Å². The van der Waals surface area contributed by atoms with Crippen LogP contribution in [-0.4, -0.2) is 55.1 Å². The molecule has 34 heavy (non-hydrogen) atoms. The molecule has 9 heteroatoms. The van der Waals surface area contributed by atoms with Crippen LogP contribution in [0, 0.1) is 22.7 Å². The minimum atomic E-state index is -0.340. The number of nitriles is 2. The van der Waals surface area contributed by atoms with Crippen LogP contribution in [0.3, 0.4) is 0 Å². The molecule has 0 radical (unpaired) electrons. The monoisotopic (exact) mass is 469 g/mol. The van der Waals surface area contributed by atoms with E-state index in [0.717, 1.165) is 45.9 Å². The topological polar surface area (TPSA) is 106 Å². The highest BCUT2D eigenvalue weighted by molar-refractivity contribution is 7.99. The molecule has 4 heterocycles. The molecule has 0 aliphatic carbocycles. The summed E-state index contributed by atoms with van der Waals surface area (Å²) in [7, 11) is 0. The molecule has 0 saturated carbocycles. The van der Waals surface area contributed by atoms with Crippen LogP contribution < -0.4 is 0 Å². The summed E-state index contributed by atoms with van der Waals surface area (Å²) < 4.78 is 3.73. The van der Waals surface area contributed by atoms with Crippen molar-refractivity contribution in [3.05, 3.63) is 66.2 Å². The van der Waals surface area contributed by atoms with Crippen LogP contribution in [0.5, 0.6) is 0 Å². The Hall–Kier alpha value is -3.63. The van der Waals surface area contributed by atoms with Crippen molar-refractivity contribution in [1.29, 1.82) is 10.5 Å². The molecule has 0 bridgehead atoms. The first kappa shape index (κ1) is 22.2. The van der Waals surface area contributed by atoms with E-state index in [0.29, 0.717) is 17.7 Å². The van der Waals surface area contributed by atoms with Gasteiger partial charge in [-0.15, -0.1) is 0 Å². The predicted octanol–water partition coefficient (Wildman–Crippen LogP) is 3.72. The smallest absolute Gasteiger partial charge is 0.103 e. The van der Waals surface area contributed by atoms with E-state index in [1.807, 2.05) is 54.5 Å². The number of aliphatic hydroxyl groups is 1. The number of β-amino-alcohol motifs (C(OH)–C–C–N with tert-alkyl or cyclic N) is 1. The number of rotatable bonds is 6. The maximum atomic E-state index is 9.68. The van der Waals surface area contributed by atoms with Crippen molar-refractivity contribution in [2.24, 2.45) is 0 Å². The zero-order valence-electron chi connectivity index (χ0n) is 18.7. The zero-order chi connectivity index (χ0) is 23.7.